The molecule has 0 atom stereocenters. The van der Waals surface area contributed by atoms with Crippen molar-refractivity contribution in [2.24, 2.45) is 0 Å². The number of halogens is 1. The predicted octanol–water partition coefficient (Wildman–Crippen LogP) is 3.01. The first-order valence-corrected chi connectivity index (χ1v) is 6.13. The van der Waals surface area contributed by atoms with Crippen molar-refractivity contribution in [3.8, 4) is 11.3 Å². The second-order valence-electron chi connectivity index (χ2n) is 3.92. The van der Waals surface area contributed by atoms with Gasteiger partial charge in [-0.05, 0) is 0 Å². The minimum atomic E-state index is 0.519. The number of benzene rings is 1. The summed E-state index contributed by atoms with van der Waals surface area (Å²) in [5.41, 5.74) is 1.83. The van der Waals surface area contributed by atoms with Crippen LogP contribution in [0.2, 0.25) is 5.15 Å². The molecule has 18 heavy (non-hydrogen) atoms. The molecule has 0 bridgehead atoms. The lowest BCUT2D eigenvalue weighted by atomic mass is 10.1. The minimum Gasteiger partial charge on any atom is -0.211 e. The van der Waals surface area contributed by atoms with E-state index in [1.165, 1.54) is 0 Å². The third-order valence-electron chi connectivity index (χ3n) is 2.70. The minimum absolute atomic E-state index is 0.519. The van der Waals surface area contributed by atoms with Crippen molar-refractivity contribution in [2.45, 2.75) is 13.3 Å². The van der Waals surface area contributed by atoms with E-state index in [0.29, 0.717) is 10.9 Å². The molecule has 3 rings (SSSR count). The van der Waals surface area contributed by atoms with Crippen LogP contribution in [0.1, 0.15) is 12.7 Å². The second-order valence-corrected chi connectivity index (χ2v) is 4.31. The van der Waals surface area contributed by atoms with Crippen LogP contribution in [0.15, 0.2) is 36.4 Å². The molecular weight excluding hydrogens is 248 g/mol. The Morgan fingerprint density at radius 1 is 1.17 bits per heavy atom. The van der Waals surface area contributed by atoms with E-state index >= 15 is 0 Å². The molecule has 0 fully saturated rings. The molecule has 3 aromatic rings. The summed E-state index contributed by atoms with van der Waals surface area (Å²) in [4.78, 5) is 8.81. The van der Waals surface area contributed by atoms with E-state index in [0.717, 1.165) is 23.5 Å². The lowest BCUT2D eigenvalue weighted by molar-refractivity contribution is 0.881. The van der Waals surface area contributed by atoms with Gasteiger partial charge < -0.3 is 0 Å². The lowest BCUT2D eigenvalue weighted by Crippen LogP contribution is -1.95. The summed E-state index contributed by atoms with van der Waals surface area (Å²) >= 11 is 6.20. The Balaban J connectivity index is 2.21. The van der Waals surface area contributed by atoms with Gasteiger partial charge in [-0.3, -0.25) is 0 Å². The molecule has 2 heterocycles. The number of rotatable bonds is 2. The summed E-state index contributed by atoms with van der Waals surface area (Å²) in [6, 6.07) is 11.7. The SMILES string of the molecule is CCc1nc2nc(-c3ccccc3)cc(Cl)n2n1. The Bertz CT molecular complexity index is 691. The first kappa shape index (κ1) is 11.2. The molecule has 0 aliphatic carbocycles. The zero-order valence-electron chi connectivity index (χ0n) is 9.84. The Labute approximate surface area is 109 Å². The van der Waals surface area contributed by atoms with E-state index in [-0.39, 0.29) is 0 Å². The summed E-state index contributed by atoms with van der Waals surface area (Å²) in [7, 11) is 0. The Morgan fingerprint density at radius 2 is 1.94 bits per heavy atom. The monoisotopic (exact) mass is 258 g/mol. The van der Waals surface area contributed by atoms with Gasteiger partial charge in [-0.1, -0.05) is 48.9 Å². The maximum atomic E-state index is 6.20. The van der Waals surface area contributed by atoms with Gasteiger partial charge in [-0.25, -0.2) is 4.98 Å². The fourth-order valence-corrected chi connectivity index (χ4v) is 2.00. The van der Waals surface area contributed by atoms with Gasteiger partial charge in [0, 0.05) is 18.1 Å². The summed E-state index contributed by atoms with van der Waals surface area (Å²) in [5.74, 6) is 1.29. The molecule has 0 saturated carbocycles. The van der Waals surface area contributed by atoms with Crippen LogP contribution in [0, 0.1) is 0 Å². The highest BCUT2D eigenvalue weighted by Crippen LogP contribution is 2.21. The van der Waals surface area contributed by atoms with Gasteiger partial charge in [0.2, 0.25) is 0 Å². The third-order valence-corrected chi connectivity index (χ3v) is 2.97. The molecule has 1 aromatic carbocycles. The van der Waals surface area contributed by atoms with Crippen molar-refractivity contribution in [3.05, 3.63) is 47.4 Å². The summed E-state index contributed by atoms with van der Waals surface area (Å²) in [6.45, 7) is 2.00. The maximum absolute atomic E-state index is 6.20. The van der Waals surface area contributed by atoms with Crippen molar-refractivity contribution in [1.29, 1.82) is 0 Å². The number of nitrogens with zero attached hydrogens (tertiary/aromatic N) is 4. The molecule has 0 N–H and O–H groups in total. The summed E-state index contributed by atoms with van der Waals surface area (Å²) in [5, 5.41) is 4.80. The van der Waals surface area contributed by atoms with E-state index in [2.05, 4.69) is 15.1 Å². The van der Waals surface area contributed by atoms with Crippen LogP contribution in [0.25, 0.3) is 17.0 Å². The molecule has 0 saturated heterocycles. The normalized spacial score (nSPS) is 11.0. The molecule has 0 unspecified atom stereocenters. The van der Waals surface area contributed by atoms with E-state index in [9.17, 15) is 0 Å². The zero-order valence-corrected chi connectivity index (χ0v) is 10.6. The molecule has 0 spiro atoms. The lowest BCUT2D eigenvalue weighted by Gasteiger charge is -2.02. The molecule has 0 radical (unpaired) electrons. The Kier molecular flexibility index (Phi) is 2.72. The van der Waals surface area contributed by atoms with Crippen molar-refractivity contribution >= 4 is 17.4 Å². The van der Waals surface area contributed by atoms with Crippen LogP contribution in [-0.4, -0.2) is 19.6 Å². The Hall–Kier alpha value is -1.94. The molecule has 90 valence electrons. The number of aryl methyl sites for hydroxylation is 1. The smallest absolute Gasteiger partial charge is 0.211 e. The average molecular weight is 259 g/mol. The average Bonchev–Trinajstić information content (AvgIpc) is 2.83. The third kappa shape index (κ3) is 1.84. The van der Waals surface area contributed by atoms with Gasteiger partial charge in [0.25, 0.3) is 5.78 Å². The van der Waals surface area contributed by atoms with Crippen LogP contribution >= 0.6 is 11.6 Å². The van der Waals surface area contributed by atoms with Gasteiger partial charge in [-0.2, -0.15) is 9.50 Å². The van der Waals surface area contributed by atoms with Crippen molar-refractivity contribution in [2.75, 3.05) is 0 Å². The standard InChI is InChI=1S/C13H11ClN4/c1-2-12-16-13-15-10(8-11(14)18(13)17-12)9-6-4-3-5-7-9/h3-8H,2H2,1H3. The number of fused-ring (bicyclic) bond motifs is 1. The number of aromatic nitrogens is 4. The first-order valence-electron chi connectivity index (χ1n) is 5.75. The summed E-state index contributed by atoms with van der Waals surface area (Å²) < 4.78 is 1.56. The maximum Gasteiger partial charge on any atom is 0.254 e. The quantitative estimate of drug-likeness (QED) is 0.664. The van der Waals surface area contributed by atoms with Crippen LogP contribution < -0.4 is 0 Å². The Morgan fingerprint density at radius 3 is 2.67 bits per heavy atom. The van der Waals surface area contributed by atoms with Crippen LogP contribution in [-0.2, 0) is 6.42 Å². The summed E-state index contributed by atoms with van der Waals surface area (Å²) in [6.07, 6.45) is 0.764. The van der Waals surface area contributed by atoms with Crippen LogP contribution in [0.5, 0.6) is 0 Å². The van der Waals surface area contributed by atoms with Crippen molar-refractivity contribution in [3.63, 3.8) is 0 Å². The highest BCUT2D eigenvalue weighted by atomic mass is 35.5. The highest BCUT2D eigenvalue weighted by molar-refractivity contribution is 6.29. The molecule has 4 nitrogen and oxygen atoms in total. The van der Waals surface area contributed by atoms with Crippen LogP contribution in [0.4, 0.5) is 0 Å². The van der Waals surface area contributed by atoms with Crippen LogP contribution in [0.3, 0.4) is 0 Å². The topological polar surface area (TPSA) is 43.1 Å². The van der Waals surface area contributed by atoms with E-state index in [1.807, 2.05) is 37.3 Å². The molecular formula is C13H11ClN4. The molecule has 5 heteroatoms. The van der Waals surface area contributed by atoms with Crippen molar-refractivity contribution in [1.82, 2.24) is 19.6 Å². The zero-order chi connectivity index (χ0) is 12.5. The van der Waals surface area contributed by atoms with E-state index < -0.39 is 0 Å². The molecule has 0 aliphatic heterocycles. The molecule has 0 aliphatic rings. The largest absolute Gasteiger partial charge is 0.254 e. The van der Waals surface area contributed by atoms with Gasteiger partial charge in [-0.15, -0.1) is 5.10 Å². The van der Waals surface area contributed by atoms with Gasteiger partial charge in [0.15, 0.2) is 5.82 Å². The predicted molar refractivity (Wildman–Crippen MR) is 70.6 cm³/mol. The van der Waals surface area contributed by atoms with Gasteiger partial charge in [0.05, 0.1) is 5.69 Å². The fourth-order valence-electron chi connectivity index (χ4n) is 1.78. The fraction of sp³-hybridized carbons (Fsp3) is 0.154. The van der Waals surface area contributed by atoms with E-state index in [1.54, 1.807) is 10.6 Å². The van der Waals surface area contributed by atoms with E-state index in [4.69, 9.17) is 11.6 Å². The van der Waals surface area contributed by atoms with Gasteiger partial charge in [0.1, 0.15) is 5.15 Å². The first-order chi connectivity index (χ1) is 8.78. The second kappa shape index (κ2) is 4.38. The molecule has 2 aromatic heterocycles. The number of hydrogen-bond acceptors (Lipinski definition) is 3. The molecule has 0 amide bonds. The highest BCUT2D eigenvalue weighted by Gasteiger charge is 2.09. The van der Waals surface area contributed by atoms with Gasteiger partial charge >= 0.3 is 0 Å². The number of hydrogen-bond donors (Lipinski definition) is 0. The van der Waals surface area contributed by atoms with Crippen molar-refractivity contribution < 1.29 is 0 Å².